The van der Waals surface area contributed by atoms with Gasteiger partial charge in [0.1, 0.15) is 0 Å². The van der Waals surface area contributed by atoms with E-state index in [0.717, 1.165) is 0 Å². The third-order valence-electron chi connectivity index (χ3n) is 3.62. The van der Waals surface area contributed by atoms with Crippen molar-refractivity contribution in [2.24, 2.45) is 5.41 Å². The van der Waals surface area contributed by atoms with Crippen LogP contribution in [0, 0.1) is 15.5 Å². The lowest BCUT2D eigenvalue weighted by atomic mass is 9.89. The number of rotatable bonds is 7. The molecule has 1 amide bonds. The molecule has 0 aliphatic rings. The molecule has 2 N–H and O–H groups in total. The maximum absolute atomic E-state index is 12.0. The van der Waals surface area contributed by atoms with Crippen molar-refractivity contribution in [1.82, 2.24) is 0 Å². The summed E-state index contributed by atoms with van der Waals surface area (Å²) in [6.07, 6.45) is 0.637. The molecule has 0 heterocycles. The van der Waals surface area contributed by atoms with Gasteiger partial charge >= 0.3 is 12.0 Å². The molecule has 23 heavy (non-hydrogen) atoms. The van der Waals surface area contributed by atoms with Crippen molar-refractivity contribution in [2.75, 3.05) is 5.32 Å². The highest BCUT2D eigenvalue weighted by atomic mass is 16.6. The number of ketones is 1. The summed E-state index contributed by atoms with van der Waals surface area (Å²) in [4.78, 5) is 44.2. The first-order valence-electron chi connectivity index (χ1n) is 6.92. The molecule has 1 aromatic rings. The fourth-order valence-electron chi connectivity index (χ4n) is 1.63. The summed E-state index contributed by atoms with van der Waals surface area (Å²) in [5.41, 5.74) is -0.253. The minimum atomic E-state index is -2.34. The van der Waals surface area contributed by atoms with Gasteiger partial charge in [0.15, 0.2) is 0 Å². The molecular formula is C15H18N2O6. The second-order valence-electron chi connectivity index (χ2n) is 5.66. The van der Waals surface area contributed by atoms with Crippen LogP contribution in [-0.4, -0.2) is 33.7 Å². The van der Waals surface area contributed by atoms with E-state index in [1.165, 1.54) is 24.3 Å². The number of benzene rings is 1. The number of aliphatic carboxylic acids is 1. The Kier molecular flexibility index (Phi) is 5.56. The van der Waals surface area contributed by atoms with E-state index in [1.807, 2.05) is 6.92 Å². The van der Waals surface area contributed by atoms with Crippen LogP contribution < -0.4 is 5.32 Å². The van der Waals surface area contributed by atoms with Crippen LogP contribution in [0.15, 0.2) is 24.3 Å². The predicted molar refractivity (Wildman–Crippen MR) is 81.9 cm³/mol. The molecule has 0 saturated heterocycles. The van der Waals surface area contributed by atoms with E-state index in [1.54, 1.807) is 13.8 Å². The Morgan fingerprint density at radius 3 is 2.17 bits per heavy atom. The normalized spacial score (nSPS) is 12.3. The van der Waals surface area contributed by atoms with Crippen LogP contribution >= 0.6 is 0 Å². The molecule has 0 fully saturated rings. The van der Waals surface area contributed by atoms with Crippen LogP contribution in [0.2, 0.25) is 0 Å². The highest BCUT2D eigenvalue weighted by Crippen LogP contribution is 2.22. The number of nitrogens with zero attached hydrogens (tertiary/aromatic N) is 1. The van der Waals surface area contributed by atoms with E-state index in [9.17, 15) is 24.5 Å². The van der Waals surface area contributed by atoms with Crippen molar-refractivity contribution < 1.29 is 24.4 Å². The van der Waals surface area contributed by atoms with Crippen molar-refractivity contribution in [3.8, 4) is 0 Å². The number of hydrogen-bond acceptors (Lipinski definition) is 5. The molecule has 0 aliphatic carbocycles. The van der Waals surface area contributed by atoms with Crippen LogP contribution in [0.3, 0.4) is 0 Å². The lowest BCUT2D eigenvalue weighted by molar-refractivity contribution is -0.493. The van der Waals surface area contributed by atoms with Crippen molar-refractivity contribution in [2.45, 2.75) is 33.2 Å². The van der Waals surface area contributed by atoms with Gasteiger partial charge in [0.25, 0.3) is 0 Å². The molecule has 0 saturated carbocycles. The first kappa shape index (κ1) is 18.3. The average molecular weight is 322 g/mol. The van der Waals surface area contributed by atoms with Crippen LogP contribution in [0.1, 0.15) is 37.6 Å². The van der Waals surface area contributed by atoms with Gasteiger partial charge in [0.2, 0.25) is 11.7 Å². The van der Waals surface area contributed by atoms with Crippen LogP contribution in [0.4, 0.5) is 5.69 Å². The monoisotopic (exact) mass is 322 g/mol. The van der Waals surface area contributed by atoms with Gasteiger partial charge in [-0.25, -0.2) is 4.79 Å². The van der Waals surface area contributed by atoms with E-state index in [-0.39, 0.29) is 11.5 Å². The molecule has 0 bridgehead atoms. The second-order valence-corrected chi connectivity index (χ2v) is 5.66. The molecule has 1 aromatic carbocycles. The van der Waals surface area contributed by atoms with E-state index < -0.39 is 28.1 Å². The molecule has 0 radical (unpaired) electrons. The van der Waals surface area contributed by atoms with Crippen molar-refractivity contribution in [3.05, 3.63) is 39.9 Å². The molecule has 0 aromatic heterocycles. The zero-order chi connectivity index (χ0) is 17.8. The molecule has 0 aliphatic heterocycles. The lowest BCUT2D eigenvalue weighted by Gasteiger charge is -2.21. The summed E-state index contributed by atoms with van der Waals surface area (Å²) in [5, 5.41) is 22.1. The van der Waals surface area contributed by atoms with Crippen LogP contribution in [-0.2, 0) is 9.59 Å². The quantitative estimate of drug-likeness (QED) is 0.342. The summed E-state index contributed by atoms with van der Waals surface area (Å²) in [7, 11) is 0. The maximum Gasteiger partial charge on any atom is 0.387 e. The number of nitrogens with one attached hydrogen (secondary N) is 1. The van der Waals surface area contributed by atoms with Gasteiger partial charge in [-0.1, -0.05) is 20.8 Å². The molecule has 8 heteroatoms. The lowest BCUT2D eigenvalue weighted by Crippen LogP contribution is -2.37. The van der Waals surface area contributed by atoms with Crippen molar-refractivity contribution in [1.29, 1.82) is 0 Å². The highest BCUT2D eigenvalue weighted by molar-refractivity contribution is 6.10. The molecule has 0 spiro atoms. The molecule has 1 rings (SSSR count). The SMILES string of the molecule is CCC(C)(C)C(=O)Nc1ccc(C(=O)C(C(=O)O)[N+](=O)[O-])cc1. The van der Waals surface area contributed by atoms with Gasteiger partial charge in [-0.05, 0) is 30.7 Å². The third kappa shape index (κ3) is 4.35. The minimum absolute atomic E-state index is 0.109. The zero-order valence-corrected chi connectivity index (χ0v) is 13.0. The second kappa shape index (κ2) is 6.99. The Balaban J connectivity index is 2.92. The average Bonchev–Trinajstić information content (AvgIpc) is 2.47. The van der Waals surface area contributed by atoms with E-state index in [4.69, 9.17) is 5.11 Å². The number of anilines is 1. The van der Waals surface area contributed by atoms with E-state index in [2.05, 4.69) is 5.32 Å². The first-order chi connectivity index (χ1) is 10.6. The van der Waals surface area contributed by atoms with Gasteiger partial charge in [-0.3, -0.25) is 19.7 Å². The van der Waals surface area contributed by atoms with Crippen LogP contribution in [0.5, 0.6) is 0 Å². The maximum atomic E-state index is 12.0. The van der Waals surface area contributed by atoms with Crippen molar-refractivity contribution >= 4 is 23.3 Å². The van der Waals surface area contributed by atoms with Gasteiger partial charge in [0, 0.05) is 21.6 Å². The number of carboxylic acids is 1. The molecule has 1 unspecified atom stereocenters. The van der Waals surface area contributed by atoms with Crippen molar-refractivity contribution in [3.63, 3.8) is 0 Å². The minimum Gasteiger partial charge on any atom is -0.476 e. The smallest absolute Gasteiger partial charge is 0.387 e. The summed E-state index contributed by atoms with van der Waals surface area (Å²) in [6.45, 7) is 5.45. The van der Waals surface area contributed by atoms with Gasteiger partial charge in [0.05, 0.1) is 0 Å². The first-order valence-corrected chi connectivity index (χ1v) is 6.92. The molecule has 8 nitrogen and oxygen atoms in total. The number of carbonyl (C=O) groups is 3. The van der Waals surface area contributed by atoms with Crippen LogP contribution in [0.25, 0.3) is 0 Å². The zero-order valence-electron chi connectivity index (χ0n) is 13.0. The number of Topliss-reactive ketones (excluding diaryl/α,β-unsaturated/α-hetero) is 1. The number of hydrogen-bond donors (Lipinski definition) is 2. The summed E-state index contributed by atoms with van der Waals surface area (Å²) in [6, 6.07) is 2.95. The number of carboxylic acid groups (broad SMARTS) is 1. The standard InChI is InChI=1S/C15H18N2O6/c1-4-15(2,3)14(21)16-10-7-5-9(6-8-10)12(18)11(13(19)20)17(22)23/h5-8,11H,4H2,1-3H3,(H,16,21)(H,19,20). The Bertz CT molecular complexity index is 622. The Morgan fingerprint density at radius 1 is 1.26 bits per heavy atom. The number of amides is 1. The molecular weight excluding hydrogens is 304 g/mol. The third-order valence-corrected chi connectivity index (χ3v) is 3.62. The summed E-state index contributed by atoms with van der Waals surface area (Å²) < 4.78 is 0. The van der Waals surface area contributed by atoms with Gasteiger partial charge in [-0.2, -0.15) is 0 Å². The fourth-order valence-corrected chi connectivity index (χ4v) is 1.63. The summed E-state index contributed by atoms with van der Waals surface area (Å²) >= 11 is 0. The Hall–Kier alpha value is -2.77. The van der Waals surface area contributed by atoms with E-state index >= 15 is 0 Å². The Labute approximate surface area is 132 Å². The fraction of sp³-hybridized carbons (Fsp3) is 0.400. The highest BCUT2D eigenvalue weighted by Gasteiger charge is 2.38. The molecule has 1 atom stereocenters. The van der Waals surface area contributed by atoms with E-state index in [0.29, 0.717) is 12.1 Å². The Morgan fingerprint density at radius 2 is 1.78 bits per heavy atom. The largest absolute Gasteiger partial charge is 0.476 e. The predicted octanol–water partition coefficient (Wildman–Crippen LogP) is 1.97. The van der Waals surface area contributed by atoms with Gasteiger partial charge in [-0.15, -0.1) is 0 Å². The van der Waals surface area contributed by atoms with Gasteiger partial charge < -0.3 is 10.4 Å². The topological polar surface area (TPSA) is 127 Å². The summed E-state index contributed by atoms with van der Waals surface area (Å²) in [5.74, 6) is -3.14. The number of carbonyl (C=O) groups excluding carboxylic acids is 2. The molecule has 124 valence electrons. The number of nitro groups is 1.